The van der Waals surface area contributed by atoms with Gasteiger partial charge in [-0.2, -0.15) is 5.10 Å². The molecule has 0 amide bonds. The molecule has 2 heterocycles. The molecule has 7 nitrogen and oxygen atoms in total. The summed E-state index contributed by atoms with van der Waals surface area (Å²) < 4.78 is 1.67. The van der Waals surface area contributed by atoms with Gasteiger partial charge < -0.3 is 5.32 Å². The van der Waals surface area contributed by atoms with E-state index >= 15 is 0 Å². The largest absolute Gasteiger partial charge is 0.338 e. The Kier molecular flexibility index (Phi) is 2.79. The summed E-state index contributed by atoms with van der Waals surface area (Å²) in [4.78, 5) is 14.7. The number of rotatable bonds is 3. The second-order valence-electron chi connectivity index (χ2n) is 4.31. The molecule has 0 bridgehead atoms. The fourth-order valence-electron chi connectivity index (χ4n) is 2.06. The molecule has 100 valence electrons. The highest BCUT2D eigenvalue weighted by molar-refractivity contribution is 6.00. The van der Waals surface area contributed by atoms with Crippen molar-refractivity contribution in [2.75, 3.05) is 5.32 Å². The molecule has 1 N–H and O–H groups in total. The number of fused-ring (bicyclic) bond motifs is 1. The highest BCUT2D eigenvalue weighted by Gasteiger charge is 2.14. The molecular weight excluding hydrogens is 258 g/mol. The monoisotopic (exact) mass is 269 g/mol. The third-order valence-electron chi connectivity index (χ3n) is 2.97. The maximum atomic E-state index is 11.0. The summed E-state index contributed by atoms with van der Waals surface area (Å²) in [5.74, 6) is 0.673. The number of nitrogens with one attached hydrogen (secondary N) is 1. The Balaban J connectivity index is 2.12. The van der Waals surface area contributed by atoms with Gasteiger partial charge in [-0.25, -0.2) is 0 Å². The van der Waals surface area contributed by atoms with E-state index in [1.807, 2.05) is 19.3 Å². The lowest BCUT2D eigenvalue weighted by molar-refractivity contribution is -0.383. The first-order valence-corrected chi connectivity index (χ1v) is 5.93. The molecule has 0 aliphatic heterocycles. The zero-order valence-corrected chi connectivity index (χ0v) is 10.6. The Labute approximate surface area is 114 Å². The molecule has 0 unspecified atom stereocenters. The van der Waals surface area contributed by atoms with Crippen LogP contribution < -0.4 is 5.32 Å². The quantitative estimate of drug-likeness (QED) is 0.583. The van der Waals surface area contributed by atoms with Crippen LogP contribution in [0.4, 0.5) is 17.2 Å². The number of hydrogen-bond donors (Lipinski definition) is 1. The second kappa shape index (κ2) is 4.61. The molecule has 0 saturated heterocycles. The third-order valence-corrected chi connectivity index (χ3v) is 2.97. The van der Waals surface area contributed by atoms with E-state index in [1.54, 1.807) is 29.2 Å². The predicted molar refractivity (Wildman–Crippen MR) is 74.9 cm³/mol. The van der Waals surface area contributed by atoms with Gasteiger partial charge in [0.05, 0.1) is 10.3 Å². The molecule has 0 saturated carbocycles. The molecule has 3 aromatic rings. The molecule has 20 heavy (non-hydrogen) atoms. The summed E-state index contributed by atoms with van der Waals surface area (Å²) in [5.41, 5.74) is 0.798. The molecule has 0 fully saturated rings. The minimum Gasteiger partial charge on any atom is -0.338 e. The van der Waals surface area contributed by atoms with E-state index in [-0.39, 0.29) is 5.69 Å². The smallest absolute Gasteiger partial charge is 0.277 e. The van der Waals surface area contributed by atoms with Crippen LogP contribution >= 0.6 is 0 Å². The fraction of sp³-hybridized carbons (Fsp3) is 0.0769. The van der Waals surface area contributed by atoms with Crippen molar-refractivity contribution in [3.05, 3.63) is 53.0 Å². The van der Waals surface area contributed by atoms with Crippen molar-refractivity contribution >= 4 is 28.0 Å². The van der Waals surface area contributed by atoms with Gasteiger partial charge in [0, 0.05) is 48.8 Å². The van der Waals surface area contributed by atoms with Crippen LogP contribution in [0, 0.1) is 10.1 Å². The summed E-state index contributed by atoms with van der Waals surface area (Å²) in [6.45, 7) is 0. The Morgan fingerprint density at radius 1 is 1.25 bits per heavy atom. The molecule has 0 spiro atoms. The number of benzene rings is 1. The van der Waals surface area contributed by atoms with E-state index in [2.05, 4.69) is 15.4 Å². The minimum atomic E-state index is -0.396. The number of non-ortho nitro benzene ring substituents is 1. The van der Waals surface area contributed by atoms with Gasteiger partial charge in [-0.15, -0.1) is 0 Å². The second-order valence-corrected chi connectivity index (χ2v) is 4.31. The number of hydrogen-bond acceptors (Lipinski definition) is 5. The van der Waals surface area contributed by atoms with E-state index in [0.717, 1.165) is 5.69 Å². The number of aryl methyl sites for hydroxylation is 1. The number of nitro benzene ring substituents is 1. The molecule has 3 rings (SSSR count). The molecule has 0 atom stereocenters. The number of pyridine rings is 1. The van der Waals surface area contributed by atoms with Crippen LogP contribution in [0.25, 0.3) is 10.8 Å². The van der Waals surface area contributed by atoms with Crippen LogP contribution in [0.5, 0.6) is 0 Å². The lowest BCUT2D eigenvalue weighted by Crippen LogP contribution is -1.97. The van der Waals surface area contributed by atoms with E-state index < -0.39 is 4.92 Å². The summed E-state index contributed by atoms with van der Waals surface area (Å²) in [6, 6.07) is 6.60. The number of nitrogens with zero attached hydrogens (tertiary/aromatic N) is 4. The Hall–Kier alpha value is -2.96. The van der Waals surface area contributed by atoms with Crippen LogP contribution in [0.2, 0.25) is 0 Å². The van der Waals surface area contributed by atoms with Crippen molar-refractivity contribution in [2.45, 2.75) is 0 Å². The van der Waals surface area contributed by atoms with Crippen LogP contribution in [0.1, 0.15) is 0 Å². The van der Waals surface area contributed by atoms with Gasteiger partial charge in [-0.1, -0.05) is 0 Å². The fourth-order valence-corrected chi connectivity index (χ4v) is 2.06. The van der Waals surface area contributed by atoms with Crippen LogP contribution in [-0.4, -0.2) is 19.7 Å². The average Bonchev–Trinajstić information content (AvgIpc) is 2.84. The number of anilines is 2. The standard InChI is InChI=1S/C13H11N5O2/c1-17-7-5-13(16-17)15-11-2-3-12(18(19)20)9-4-6-14-8-10(9)11/h2-8H,1H3,(H,15,16). The lowest BCUT2D eigenvalue weighted by Gasteiger charge is -2.07. The van der Waals surface area contributed by atoms with Gasteiger partial charge in [0.1, 0.15) is 0 Å². The maximum absolute atomic E-state index is 11.0. The maximum Gasteiger partial charge on any atom is 0.277 e. The number of aromatic nitrogens is 3. The van der Waals surface area contributed by atoms with Crippen molar-refractivity contribution in [3.8, 4) is 0 Å². The average molecular weight is 269 g/mol. The van der Waals surface area contributed by atoms with Crippen molar-refractivity contribution in [3.63, 3.8) is 0 Å². The highest BCUT2D eigenvalue weighted by atomic mass is 16.6. The zero-order valence-electron chi connectivity index (χ0n) is 10.6. The minimum absolute atomic E-state index is 0.0639. The van der Waals surface area contributed by atoms with Crippen molar-refractivity contribution in [2.24, 2.45) is 7.05 Å². The van der Waals surface area contributed by atoms with E-state index in [9.17, 15) is 10.1 Å². The Morgan fingerprint density at radius 2 is 2.10 bits per heavy atom. The first kappa shape index (κ1) is 12.1. The molecule has 0 radical (unpaired) electrons. The summed E-state index contributed by atoms with van der Waals surface area (Å²) in [7, 11) is 1.82. The van der Waals surface area contributed by atoms with Gasteiger partial charge >= 0.3 is 0 Å². The molecule has 7 heteroatoms. The molecule has 0 aliphatic carbocycles. The first-order chi connectivity index (χ1) is 9.65. The zero-order chi connectivity index (χ0) is 14.1. The summed E-state index contributed by atoms with van der Waals surface area (Å²) >= 11 is 0. The topological polar surface area (TPSA) is 85.9 Å². The Morgan fingerprint density at radius 3 is 2.80 bits per heavy atom. The lowest BCUT2D eigenvalue weighted by atomic mass is 10.1. The van der Waals surface area contributed by atoms with E-state index in [0.29, 0.717) is 16.6 Å². The van der Waals surface area contributed by atoms with Gasteiger partial charge in [-0.3, -0.25) is 19.8 Å². The van der Waals surface area contributed by atoms with Crippen LogP contribution in [0.3, 0.4) is 0 Å². The third kappa shape index (κ3) is 2.05. The molecular formula is C13H11N5O2. The first-order valence-electron chi connectivity index (χ1n) is 5.93. The van der Waals surface area contributed by atoms with Gasteiger partial charge in [0.2, 0.25) is 0 Å². The normalized spacial score (nSPS) is 10.7. The summed E-state index contributed by atoms with van der Waals surface area (Å²) in [6.07, 6.45) is 4.96. The highest BCUT2D eigenvalue weighted by Crippen LogP contribution is 2.31. The van der Waals surface area contributed by atoms with Crippen LogP contribution in [0.15, 0.2) is 42.9 Å². The Bertz CT molecular complexity index is 796. The molecule has 2 aromatic heterocycles. The SMILES string of the molecule is Cn1ccc(Nc2ccc([N+](=O)[O-])c3ccncc23)n1. The van der Waals surface area contributed by atoms with E-state index in [1.165, 1.54) is 6.07 Å². The number of nitro groups is 1. The van der Waals surface area contributed by atoms with Crippen LogP contribution in [-0.2, 0) is 7.05 Å². The van der Waals surface area contributed by atoms with Crippen molar-refractivity contribution in [1.82, 2.24) is 14.8 Å². The van der Waals surface area contributed by atoms with E-state index in [4.69, 9.17) is 0 Å². The van der Waals surface area contributed by atoms with Gasteiger partial charge in [0.15, 0.2) is 5.82 Å². The van der Waals surface area contributed by atoms with Gasteiger partial charge in [0.25, 0.3) is 5.69 Å². The predicted octanol–water partition coefficient (Wildman–Crippen LogP) is 2.62. The van der Waals surface area contributed by atoms with Gasteiger partial charge in [-0.05, 0) is 12.1 Å². The van der Waals surface area contributed by atoms with Crippen molar-refractivity contribution < 1.29 is 4.92 Å². The summed E-state index contributed by atoms with van der Waals surface area (Å²) in [5, 5.41) is 19.6. The van der Waals surface area contributed by atoms with Crippen molar-refractivity contribution in [1.29, 1.82) is 0 Å². The molecule has 1 aromatic carbocycles. The molecule has 0 aliphatic rings.